The zero-order chi connectivity index (χ0) is 13.1. The molecule has 0 fully saturated rings. The minimum atomic E-state index is -4.70. The van der Waals surface area contributed by atoms with Crippen LogP contribution in [0.15, 0.2) is 22.7 Å². The van der Waals surface area contributed by atoms with Gasteiger partial charge in [-0.05, 0) is 23.8 Å². The normalized spacial score (nSPS) is 13.5. The van der Waals surface area contributed by atoms with Crippen molar-refractivity contribution in [2.45, 2.75) is 18.9 Å². The summed E-state index contributed by atoms with van der Waals surface area (Å²) in [5, 5.41) is 17.7. The van der Waals surface area contributed by atoms with Gasteiger partial charge in [0.25, 0.3) is 0 Å². The van der Waals surface area contributed by atoms with Gasteiger partial charge in [-0.2, -0.15) is 13.2 Å². The Labute approximate surface area is 104 Å². The fourth-order valence-electron chi connectivity index (χ4n) is 1.03. The molecule has 0 aliphatic heterocycles. The van der Waals surface area contributed by atoms with Gasteiger partial charge in [0.2, 0.25) is 0 Å². The molecule has 0 bridgehead atoms. The van der Waals surface area contributed by atoms with Gasteiger partial charge < -0.3 is 14.9 Å². The molecule has 17 heavy (non-hydrogen) atoms. The molecule has 1 atom stereocenters. The van der Waals surface area contributed by atoms with Gasteiger partial charge in [0, 0.05) is 4.47 Å². The van der Waals surface area contributed by atoms with Crippen LogP contribution in [0, 0.1) is 0 Å². The lowest BCUT2D eigenvalue weighted by molar-refractivity contribution is -0.210. The summed E-state index contributed by atoms with van der Waals surface area (Å²) in [6.07, 6.45) is -7.22. The van der Waals surface area contributed by atoms with Crippen LogP contribution in [0.4, 0.5) is 13.2 Å². The fraction of sp³-hybridized carbons (Fsp3) is 0.400. The summed E-state index contributed by atoms with van der Waals surface area (Å²) < 4.78 is 41.4. The van der Waals surface area contributed by atoms with E-state index in [0.29, 0.717) is 10.0 Å². The highest BCUT2D eigenvalue weighted by molar-refractivity contribution is 9.10. The summed E-state index contributed by atoms with van der Waals surface area (Å²) >= 11 is 3.16. The van der Waals surface area contributed by atoms with Crippen molar-refractivity contribution in [3.05, 3.63) is 28.2 Å². The number of alkyl halides is 3. The molecule has 1 aromatic carbocycles. The molecule has 0 amide bonds. The zero-order valence-electron chi connectivity index (χ0n) is 8.54. The third-order valence-corrected chi connectivity index (χ3v) is 2.75. The molecule has 0 radical (unpaired) electrons. The van der Waals surface area contributed by atoms with Crippen molar-refractivity contribution in [2.75, 3.05) is 6.61 Å². The van der Waals surface area contributed by atoms with Crippen LogP contribution in [0.5, 0.6) is 5.75 Å². The van der Waals surface area contributed by atoms with Crippen molar-refractivity contribution in [3.63, 3.8) is 0 Å². The number of aliphatic hydroxyl groups excluding tert-OH is 2. The van der Waals surface area contributed by atoms with Gasteiger partial charge in [-0.25, -0.2) is 0 Å². The van der Waals surface area contributed by atoms with Crippen molar-refractivity contribution in [2.24, 2.45) is 0 Å². The Hall–Kier alpha value is -0.790. The third kappa shape index (κ3) is 4.18. The van der Waals surface area contributed by atoms with Crippen LogP contribution in [-0.4, -0.2) is 29.1 Å². The number of ether oxygens (including phenoxy) is 1. The third-order valence-electron chi connectivity index (χ3n) is 1.97. The van der Waals surface area contributed by atoms with Crippen LogP contribution in [0.25, 0.3) is 0 Å². The summed E-state index contributed by atoms with van der Waals surface area (Å²) in [4.78, 5) is 0. The molecule has 3 nitrogen and oxygen atoms in total. The second-order valence-corrected chi connectivity index (χ2v) is 4.13. The summed E-state index contributed by atoms with van der Waals surface area (Å²) in [5.41, 5.74) is 0.490. The van der Waals surface area contributed by atoms with E-state index < -0.39 is 18.9 Å². The smallest absolute Gasteiger partial charge is 0.417 e. The van der Waals surface area contributed by atoms with Gasteiger partial charge in [-0.15, -0.1) is 0 Å². The van der Waals surface area contributed by atoms with Crippen LogP contribution in [0.3, 0.4) is 0 Å². The average Bonchev–Trinajstić information content (AvgIpc) is 2.26. The van der Waals surface area contributed by atoms with E-state index in [-0.39, 0.29) is 12.4 Å². The second kappa shape index (κ2) is 5.70. The van der Waals surface area contributed by atoms with Crippen LogP contribution in [0.1, 0.15) is 5.56 Å². The van der Waals surface area contributed by atoms with Gasteiger partial charge in [0.05, 0.1) is 6.61 Å². The molecule has 96 valence electrons. The van der Waals surface area contributed by atoms with Crippen molar-refractivity contribution >= 4 is 15.9 Å². The average molecular weight is 315 g/mol. The van der Waals surface area contributed by atoms with Gasteiger partial charge in [0.1, 0.15) is 12.4 Å². The summed E-state index contributed by atoms with van der Waals surface area (Å²) in [6, 6.07) is 4.38. The Morgan fingerprint density at radius 3 is 2.53 bits per heavy atom. The second-order valence-electron chi connectivity index (χ2n) is 3.28. The number of halogens is 4. The highest BCUT2D eigenvalue weighted by Gasteiger charge is 2.38. The van der Waals surface area contributed by atoms with E-state index >= 15 is 0 Å². The molecule has 0 aromatic heterocycles. The number of hydrogen-bond acceptors (Lipinski definition) is 3. The first-order valence-electron chi connectivity index (χ1n) is 4.61. The maximum absolute atomic E-state index is 12.0. The Kier molecular flexibility index (Phi) is 4.79. The van der Waals surface area contributed by atoms with E-state index in [4.69, 9.17) is 14.9 Å². The molecule has 0 spiro atoms. The number of hydrogen-bond donors (Lipinski definition) is 2. The Morgan fingerprint density at radius 2 is 2.00 bits per heavy atom. The van der Waals surface area contributed by atoms with E-state index in [1.807, 2.05) is 0 Å². The fourth-order valence-corrected chi connectivity index (χ4v) is 1.40. The van der Waals surface area contributed by atoms with Crippen LogP contribution < -0.4 is 4.74 Å². The molecule has 1 unspecified atom stereocenters. The van der Waals surface area contributed by atoms with Crippen LogP contribution >= 0.6 is 15.9 Å². The molecular weight excluding hydrogens is 305 g/mol. The lowest BCUT2D eigenvalue weighted by Crippen LogP contribution is -2.34. The SMILES string of the molecule is OCc1cc(OCC(O)C(F)(F)F)ccc1Br. The molecule has 0 saturated heterocycles. The lowest BCUT2D eigenvalue weighted by atomic mass is 10.2. The molecule has 2 N–H and O–H groups in total. The van der Waals surface area contributed by atoms with E-state index in [2.05, 4.69) is 15.9 Å². The lowest BCUT2D eigenvalue weighted by Gasteiger charge is -2.15. The molecule has 1 aromatic rings. The number of rotatable bonds is 4. The predicted octanol–water partition coefficient (Wildman–Crippen LogP) is 2.24. The molecule has 0 aliphatic rings. The Balaban J connectivity index is 2.64. The van der Waals surface area contributed by atoms with Crippen LogP contribution in [0.2, 0.25) is 0 Å². The summed E-state index contributed by atoms with van der Waals surface area (Å²) in [5.74, 6) is 0.153. The summed E-state index contributed by atoms with van der Waals surface area (Å²) in [7, 11) is 0. The summed E-state index contributed by atoms with van der Waals surface area (Å²) in [6.45, 7) is -1.14. The molecule has 7 heteroatoms. The van der Waals surface area contributed by atoms with E-state index in [9.17, 15) is 13.2 Å². The van der Waals surface area contributed by atoms with Crippen molar-refractivity contribution in [3.8, 4) is 5.75 Å². The van der Waals surface area contributed by atoms with Crippen molar-refractivity contribution in [1.29, 1.82) is 0 Å². The van der Waals surface area contributed by atoms with E-state index in [0.717, 1.165) is 0 Å². The maximum Gasteiger partial charge on any atom is 0.417 e. The largest absolute Gasteiger partial charge is 0.491 e. The van der Waals surface area contributed by atoms with Gasteiger partial charge in [-0.1, -0.05) is 15.9 Å². The number of benzene rings is 1. The van der Waals surface area contributed by atoms with E-state index in [1.54, 1.807) is 6.07 Å². The first-order chi connectivity index (χ1) is 7.84. The Bertz CT molecular complexity index is 382. The van der Waals surface area contributed by atoms with Crippen LogP contribution in [-0.2, 0) is 6.61 Å². The molecule has 0 saturated carbocycles. The monoisotopic (exact) mass is 314 g/mol. The first-order valence-corrected chi connectivity index (χ1v) is 5.40. The standard InChI is InChI=1S/C10H10BrF3O3/c11-8-2-1-7(3-6(8)4-15)17-5-9(16)10(12,13)14/h1-3,9,15-16H,4-5H2. The van der Waals surface area contributed by atoms with Crippen molar-refractivity contribution < 1.29 is 28.1 Å². The van der Waals surface area contributed by atoms with E-state index in [1.165, 1.54) is 12.1 Å². The highest BCUT2D eigenvalue weighted by atomic mass is 79.9. The highest BCUT2D eigenvalue weighted by Crippen LogP contribution is 2.24. The minimum Gasteiger partial charge on any atom is -0.491 e. The minimum absolute atomic E-state index is 0.153. The maximum atomic E-state index is 12.0. The van der Waals surface area contributed by atoms with Gasteiger partial charge in [-0.3, -0.25) is 0 Å². The predicted molar refractivity (Wildman–Crippen MR) is 57.6 cm³/mol. The first kappa shape index (κ1) is 14.3. The zero-order valence-corrected chi connectivity index (χ0v) is 10.1. The molecular formula is C10H10BrF3O3. The quantitative estimate of drug-likeness (QED) is 0.896. The topological polar surface area (TPSA) is 49.7 Å². The molecule has 1 rings (SSSR count). The van der Waals surface area contributed by atoms with Crippen molar-refractivity contribution in [1.82, 2.24) is 0 Å². The van der Waals surface area contributed by atoms with Gasteiger partial charge in [0.15, 0.2) is 6.10 Å². The number of aliphatic hydroxyl groups is 2. The molecule has 0 aliphatic carbocycles. The molecule has 0 heterocycles. The Morgan fingerprint density at radius 1 is 1.35 bits per heavy atom. The van der Waals surface area contributed by atoms with Gasteiger partial charge >= 0.3 is 6.18 Å².